The molecule has 3 nitrogen and oxygen atoms in total. The van der Waals surface area contributed by atoms with Crippen LogP contribution in [0.4, 0.5) is 5.82 Å². The number of fused-ring (bicyclic) bond motifs is 1. The Morgan fingerprint density at radius 3 is 3.12 bits per heavy atom. The molecule has 0 radical (unpaired) electrons. The lowest BCUT2D eigenvalue weighted by Gasteiger charge is -2.23. The molecule has 2 aromatic heterocycles. The van der Waals surface area contributed by atoms with Crippen molar-refractivity contribution >= 4 is 16.7 Å². The zero-order valence-electron chi connectivity index (χ0n) is 9.71. The zero-order valence-corrected chi connectivity index (χ0v) is 9.71. The zero-order chi connectivity index (χ0) is 11.7. The molecule has 0 aromatic carbocycles. The number of nitrogens with zero attached hydrogens (tertiary/aromatic N) is 3. The van der Waals surface area contributed by atoms with E-state index >= 15 is 0 Å². The highest BCUT2D eigenvalue weighted by atomic mass is 15.2. The Kier molecular flexibility index (Phi) is 2.52. The van der Waals surface area contributed by atoms with E-state index in [-0.39, 0.29) is 0 Å². The number of aromatic nitrogens is 2. The third kappa shape index (κ3) is 1.68. The van der Waals surface area contributed by atoms with Crippen molar-refractivity contribution in [2.45, 2.75) is 18.9 Å². The molecule has 0 N–H and O–H groups in total. The van der Waals surface area contributed by atoms with Gasteiger partial charge in [0.15, 0.2) is 5.82 Å². The summed E-state index contributed by atoms with van der Waals surface area (Å²) in [5, 5.41) is 1.15. The molecule has 86 valence electrons. The smallest absolute Gasteiger partial charge is 0.155 e. The molecule has 1 aliphatic heterocycles. The molecule has 17 heavy (non-hydrogen) atoms. The molecule has 3 heteroatoms. The average molecular weight is 225 g/mol. The first-order valence-electron chi connectivity index (χ1n) is 5.99. The Labute approximate surface area is 101 Å². The molecule has 1 saturated heterocycles. The molecule has 1 aliphatic rings. The number of anilines is 1. The maximum atomic E-state index is 4.50. The van der Waals surface area contributed by atoms with Crippen molar-refractivity contribution in [1.82, 2.24) is 9.97 Å². The van der Waals surface area contributed by atoms with Crippen LogP contribution in [0.2, 0.25) is 0 Å². The Morgan fingerprint density at radius 2 is 2.24 bits per heavy atom. The van der Waals surface area contributed by atoms with E-state index in [4.69, 9.17) is 0 Å². The van der Waals surface area contributed by atoms with Crippen LogP contribution in [0, 0.1) is 0 Å². The van der Waals surface area contributed by atoms with Crippen molar-refractivity contribution in [3.63, 3.8) is 0 Å². The molecule has 2 aromatic rings. The quantitative estimate of drug-likeness (QED) is 0.736. The third-order valence-electron chi connectivity index (χ3n) is 3.35. The standard InChI is InChI=1S/C14H15N3/c1-2-12-6-4-10-17(12)14-13-11(7-9-16-14)5-3-8-15-13/h2-3,5,7-9,12H,1,4,6,10H2. The minimum atomic E-state index is 0.398. The van der Waals surface area contributed by atoms with Crippen LogP contribution in [0.5, 0.6) is 0 Å². The van der Waals surface area contributed by atoms with E-state index in [1.54, 1.807) is 0 Å². The van der Waals surface area contributed by atoms with E-state index in [2.05, 4.69) is 27.5 Å². The van der Waals surface area contributed by atoms with Gasteiger partial charge in [0, 0.05) is 30.4 Å². The van der Waals surface area contributed by atoms with Crippen LogP contribution in [-0.2, 0) is 0 Å². The number of pyridine rings is 2. The fourth-order valence-electron chi connectivity index (χ4n) is 2.50. The molecule has 0 aliphatic carbocycles. The Bertz CT molecular complexity index is 545. The number of rotatable bonds is 2. The second-order valence-corrected chi connectivity index (χ2v) is 4.35. The summed E-state index contributed by atoms with van der Waals surface area (Å²) in [6.45, 7) is 4.95. The summed E-state index contributed by atoms with van der Waals surface area (Å²) >= 11 is 0. The van der Waals surface area contributed by atoms with Gasteiger partial charge >= 0.3 is 0 Å². The van der Waals surface area contributed by atoms with Gasteiger partial charge in [-0.05, 0) is 25.0 Å². The summed E-state index contributed by atoms with van der Waals surface area (Å²) in [4.78, 5) is 11.3. The van der Waals surface area contributed by atoms with Gasteiger partial charge in [0.1, 0.15) is 5.52 Å². The lowest BCUT2D eigenvalue weighted by molar-refractivity contribution is 0.799. The summed E-state index contributed by atoms with van der Waals surface area (Å²) < 4.78 is 0. The molecule has 0 bridgehead atoms. The van der Waals surface area contributed by atoms with E-state index in [1.807, 2.05) is 30.6 Å². The highest BCUT2D eigenvalue weighted by Crippen LogP contribution is 2.29. The van der Waals surface area contributed by atoms with Gasteiger partial charge in [0.05, 0.1) is 0 Å². The van der Waals surface area contributed by atoms with Crippen molar-refractivity contribution in [3.05, 3.63) is 43.2 Å². The SMILES string of the molecule is C=CC1CCCN1c1nccc2cccnc12. The van der Waals surface area contributed by atoms with Crippen molar-refractivity contribution in [3.8, 4) is 0 Å². The van der Waals surface area contributed by atoms with Crippen molar-refractivity contribution < 1.29 is 0 Å². The molecule has 1 atom stereocenters. The highest BCUT2D eigenvalue weighted by molar-refractivity contribution is 5.88. The molecule has 0 saturated carbocycles. The molecule has 0 spiro atoms. The Hall–Kier alpha value is -1.90. The fraction of sp³-hybridized carbons (Fsp3) is 0.286. The maximum Gasteiger partial charge on any atom is 0.155 e. The third-order valence-corrected chi connectivity index (χ3v) is 3.35. The van der Waals surface area contributed by atoms with E-state index in [0.717, 1.165) is 29.7 Å². The second-order valence-electron chi connectivity index (χ2n) is 4.35. The van der Waals surface area contributed by atoms with Crippen molar-refractivity contribution in [1.29, 1.82) is 0 Å². The largest absolute Gasteiger partial charge is 0.348 e. The van der Waals surface area contributed by atoms with Gasteiger partial charge in [-0.3, -0.25) is 4.98 Å². The van der Waals surface area contributed by atoms with E-state index in [0.29, 0.717) is 6.04 Å². The molecule has 1 fully saturated rings. The molecular weight excluding hydrogens is 210 g/mol. The number of hydrogen-bond donors (Lipinski definition) is 0. The predicted octanol–water partition coefficient (Wildman–Crippen LogP) is 2.78. The molecule has 1 unspecified atom stereocenters. The summed E-state index contributed by atoms with van der Waals surface area (Å²) in [6, 6.07) is 6.44. The maximum absolute atomic E-state index is 4.50. The van der Waals surface area contributed by atoms with Crippen LogP contribution in [0.1, 0.15) is 12.8 Å². The Balaban J connectivity index is 2.13. The Morgan fingerprint density at radius 1 is 1.29 bits per heavy atom. The van der Waals surface area contributed by atoms with Crippen LogP contribution in [-0.4, -0.2) is 22.6 Å². The minimum absolute atomic E-state index is 0.398. The van der Waals surface area contributed by atoms with Crippen LogP contribution in [0.3, 0.4) is 0 Å². The summed E-state index contributed by atoms with van der Waals surface area (Å²) in [6.07, 6.45) is 8.05. The molecule has 3 heterocycles. The monoisotopic (exact) mass is 225 g/mol. The normalized spacial score (nSPS) is 19.8. The van der Waals surface area contributed by atoms with Gasteiger partial charge in [-0.1, -0.05) is 12.1 Å². The summed E-state index contributed by atoms with van der Waals surface area (Å²) in [5.74, 6) is 0.991. The first-order chi connectivity index (χ1) is 8.40. The van der Waals surface area contributed by atoms with E-state index in [1.165, 1.54) is 6.42 Å². The highest BCUT2D eigenvalue weighted by Gasteiger charge is 2.24. The molecule has 0 amide bonds. The first kappa shape index (κ1) is 10.3. The van der Waals surface area contributed by atoms with Gasteiger partial charge in [-0.2, -0.15) is 0 Å². The number of hydrogen-bond acceptors (Lipinski definition) is 3. The molecular formula is C14H15N3. The van der Waals surface area contributed by atoms with E-state index in [9.17, 15) is 0 Å². The van der Waals surface area contributed by atoms with Gasteiger partial charge < -0.3 is 4.90 Å². The lowest BCUT2D eigenvalue weighted by atomic mass is 10.2. The van der Waals surface area contributed by atoms with Gasteiger partial charge in [0.2, 0.25) is 0 Å². The lowest BCUT2D eigenvalue weighted by Crippen LogP contribution is -2.28. The van der Waals surface area contributed by atoms with Crippen LogP contribution < -0.4 is 4.90 Å². The van der Waals surface area contributed by atoms with Gasteiger partial charge in [-0.25, -0.2) is 4.98 Å². The van der Waals surface area contributed by atoms with Gasteiger partial charge in [-0.15, -0.1) is 6.58 Å². The molecule has 3 rings (SSSR count). The fourth-order valence-corrected chi connectivity index (χ4v) is 2.50. The van der Waals surface area contributed by atoms with E-state index < -0.39 is 0 Å². The van der Waals surface area contributed by atoms with Gasteiger partial charge in [0.25, 0.3) is 0 Å². The average Bonchev–Trinajstić information content (AvgIpc) is 2.86. The van der Waals surface area contributed by atoms with Crippen molar-refractivity contribution in [2.24, 2.45) is 0 Å². The second kappa shape index (κ2) is 4.17. The minimum Gasteiger partial charge on any atom is -0.348 e. The predicted molar refractivity (Wildman–Crippen MR) is 70.1 cm³/mol. The summed E-state index contributed by atoms with van der Waals surface area (Å²) in [5.41, 5.74) is 0.990. The van der Waals surface area contributed by atoms with Crippen LogP contribution >= 0.6 is 0 Å². The summed E-state index contributed by atoms with van der Waals surface area (Å²) in [7, 11) is 0. The van der Waals surface area contributed by atoms with Crippen LogP contribution in [0.15, 0.2) is 43.2 Å². The topological polar surface area (TPSA) is 29.0 Å². The first-order valence-corrected chi connectivity index (χ1v) is 5.99. The van der Waals surface area contributed by atoms with Crippen molar-refractivity contribution in [2.75, 3.05) is 11.4 Å². The van der Waals surface area contributed by atoms with Crippen LogP contribution in [0.25, 0.3) is 10.9 Å².